The van der Waals surface area contributed by atoms with Crippen LogP contribution in [-0.2, 0) is 22.6 Å². The maximum absolute atomic E-state index is 14.9. The Hall–Kier alpha value is -6.84. The minimum atomic E-state index is -0.792. The Balaban J connectivity index is 0.000000234. The molecule has 78 heavy (non-hydrogen) atoms. The van der Waals surface area contributed by atoms with Crippen LogP contribution in [0.1, 0.15) is 65.5 Å². The second kappa shape index (κ2) is 24.9. The zero-order valence-corrected chi connectivity index (χ0v) is 47.6. The lowest BCUT2D eigenvalue weighted by molar-refractivity contribution is 0.0507. The van der Waals surface area contributed by atoms with Gasteiger partial charge in [-0.2, -0.15) is 46.2 Å². The van der Waals surface area contributed by atoms with Gasteiger partial charge in [-0.25, -0.2) is 28.3 Å². The smallest absolute Gasteiger partial charge is 0.416 e. The largest absolute Gasteiger partial charge is 0.444 e. The highest BCUT2D eigenvalue weighted by atomic mass is 35.5. The number of ether oxygens (including phenoxy) is 2. The maximum Gasteiger partial charge on any atom is 0.416 e. The molecule has 0 aliphatic carbocycles. The molecule has 6 heterocycles. The molecule has 0 bridgehead atoms. The maximum atomic E-state index is 14.9. The highest BCUT2D eigenvalue weighted by Crippen LogP contribution is 2.32. The van der Waals surface area contributed by atoms with Gasteiger partial charge in [0, 0.05) is 107 Å². The molecule has 2 atom stereocenters. The molecule has 2 amide bonds. The van der Waals surface area contributed by atoms with Gasteiger partial charge in [0.2, 0.25) is 0 Å². The van der Waals surface area contributed by atoms with Crippen LogP contribution in [0.25, 0.3) is 33.8 Å². The molecule has 0 radical (unpaired) electrons. The normalized spacial score (nSPS) is 15.3. The summed E-state index contributed by atoms with van der Waals surface area (Å²) in [7, 11) is 0. The van der Waals surface area contributed by atoms with Crippen LogP contribution >= 0.6 is 50.2 Å². The molecule has 2 aliphatic rings. The van der Waals surface area contributed by atoms with Gasteiger partial charge in [0.15, 0.2) is 11.3 Å². The summed E-state index contributed by atoms with van der Waals surface area (Å²) >= 11 is 11.8. The SMILES string of the molecule is CC(C)(C)OC(=O)N[C@H]1CCN(c2ccc(-c3cc(N(Cc4ccc(Cl)cc4F)C(=O)OC(C)(C)C)n4nccc4n3)cc2)C1.N[C@H]1CCN(c2ccc(-c3cc(NCc4ccc(Cl)cc4F)n4nccc4n3)cc2)C1.S.S. The number of aromatic nitrogens is 6. The monoisotopic (exact) mass is 1140 g/mol. The minimum absolute atomic E-state index is 0. The highest BCUT2D eigenvalue weighted by Gasteiger charge is 2.29. The topological polar surface area (TPSA) is 173 Å². The van der Waals surface area contributed by atoms with Crippen molar-refractivity contribution in [3.05, 3.63) is 154 Å². The van der Waals surface area contributed by atoms with E-state index in [9.17, 15) is 18.4 Å². The molecule has 0 saturated carbocycles. The van der Waals surface area contributed by atoms with Gasteiger partial charge in [0.05, 0.1) is 36.4 Å². The molecular weight excluding hydrogens is 1080 g/mol. The van der Waals surface area contributed by atoms with Crippen molar-refractivity contribution in [2.75, 3.05) is 46.2 Å². The molecule has 16 nitrogen and oxygen atoms in total. The number of halogens is 4. The lowest BCUT2D eigenvalue weighted by atomic mass is 10.1. The molecule has 4 aromatic carbocycles. The summed E-state index contributed by atoms with van der Waals surface area (Å²) in [6, 6.07) is 32.7. The first-order valence-electron chi connectivity index (χ1n) is 25.0. The van der Waals surface area contributed by atoms with E-state index in [1.807, 2.05) is 57.2 Å². The van der Waals surface area contributed by atoms with Crippen LogP contribution in [0.2, 0.25) is 10.0 Å². The van der Waals surface area contributed by atoms with E-state index in [4.69, 9.17) is 48.4 Å². The zero-order valence-electron chi connectivity index (χ0n) is 44.1. The number of benzene rings is 4. The number of rotatable bonds is 11. The minimum Gasteiger partial charge on any atom is -0.444 e. The molecule has 4 aromatic heterocycles. The van der Waals surface area contributed by atoms with Crippen LogP contribution in [0.15, 0.2) is 122 Å². The third kappa shape index (κ3) is 14.6. The number of nitrogens with zero attached hydrogens (tertiary/aromatic N) is 9. The quantitative estimate of drug-likeness (QED) is 0.112. The summed E-state index contributed by atoms with van der Waals surface area (Å²) < 4.78 is 43.4. The number of carbonyl (C=O) groups is 2. The van der Waals surface area contributed by atoms with Crippen molar-refractivity contribution in [1.29, 1.82) is 0 Å². The van der Waals surface area contributed by atoms with Crippen molar-refractivity contribution in [3.8, 4) is 22.5 Å². The first-order chi connectivity index (χ1) is 36.2. The Morgan fingerprint density at radius 1 is 0.679 bits per heavy atom. The molecular formula is C56H64Cl2F2N12O4S2. The molecule has 4 N–H and O–H groups in total. The highest BCUT2D eigenvalue weighted by molar-refractivity contribution is 7.59. The Kier molecular flexibility index (Phi) is 18.8. The van der Waals surface area contributed by atoms with E-state index in [0.717, 1.165) is 60.8 Å². The van der Waals surface area contributed by atoms with E-state index in [1.54, 1.807) is 74.1 Å². The second-order valence-corrected chi connectivity index (χ2v) is 21.7. The number of hydrogen-bond acceptors (Lipinski definition) is 12. The fourth-order valence-electron chi connectivity index (χ4n) is 8.95. The molecule has 412 valence electrons. The van der Waals surface area contributed by atoms with E-state index in [-0.39, 0.29) is 62.0 Å². The van der Waals surface area contributed by atoms with Gasteiger partial charge in [0.1, 0.15) is 34.5 Å². The molecule has 2 saturated heterocycles. The van der Waals surface area contributed by atoms with Crippen molar-refractivity contribution in [3.63, 3.8) is 0 Å². The van der Waals surface area contributed by atoms with Crippen molar-refractivity contribution < 1.29 is 27.8 Å². The number of fused-ring (bicyclic) bond motifs is 2. The lowest BCUT2D eigenvalue weighted by Crippen LogP contribution is -2.40. The van der Waals surface area contributed by atoms with Gasteiger partial charge < -0.3 is 35.6 Å². The molecule has 0 spiro atoms. The fourth-order valence-corrected chi connectivity index (χ4v) is 9.26. The van der Waals surface area contributed by atoms with Gasteiger partial charge in [0.25, 0.3) is 0 Å². The third-order valence-electron chi connectivity index (χ3n) is 12.6. The number of carbonyl (C=O) groups excluding carboxylic acids is 2. The average molecular weight is 1140 g/mol. The summed E-state index contributed by atoms with van der Waals surface area (Å²) in [5.41, 5.74) is 12.1. The predicted molar refractivity (Wildman–Crippen MR) is 315 cm³/mol. The summed E-state index contributed by atoms with van der Waals surface area (Å²) in [6.45, 7) is 14.3. The van der Waals surface area contributed by atoms with Crippen molar-refractivity contribution in [2.45, 2.75) is 90.8 Å². The van der Waals surface area contributed by atoms with Crippen LogP contribution < -0.4 is 31.1 Å². The molecule has 8 aromatic rings. The Morgan fingerprint density at radius 2 is 1.21 bits per heavy atom. The van der Waals surface area contributed by atoms with E-state index in [1.165, 1.54) is 27.2 Å². The Morgan fingerprint density at radius 3 is 1.76 bits per heavy atom. The van der Waals surface area contributed by atoms with Crippen molar-refractivity contribution in [2.24, 2.45) is 5.73 Å². The summed E-state index contributed by atoms with van der Waals surface area (Å²) in [4.78, 5) is 41.1. The van der Waals surface area contributed by atoms with E-state index < -0.39 is 29.2 Å². The van der Waals surface area contributed by atoms with Crippen LogP contribution in [0.5, 0.6) is 0 Å². The number of alkyl carbamates (subject to hydrolysis) is 1. The van der Waals surface area contributed by atoms with Crippen molar-refractivity contribution in [1.82, 2.24) is 34.5 Å². The summed E-state index contributed by atoms with van der Waals surface area (Å²) in [5, 5.41) is 15.6. The lowest BCUT2D eigenvalue weighted by Gasteiger charge is -2.28. The number of nitrogens with two attached hydrogens (primary N) is 1. The van der Waals surface area contributed by atoms with Crippen LogP contribution in [-0.4, -0.2) is 90.8 Å². The van der Waals surface area contributed by atoms with Gasteiger partial charge >= 0.3 is 12.2 Å². The average Bonchev–Trinajstić information content (AvgIpc) is 4.24. The molecule has 0 unspecified atom stereocenters. The molecule has 2 aliphatic heterocycles. The molecule has 22 heteroatoms. The molecule has 10 rings (SSSR count). The predicted octanol–water partition coefficient (Wildman–Crippen LogP) is 11.8. The van der Waals surface area contributed by atoms with E-state index in [0.29, 0.717) is 46.5 Å². The standard InChI is InChI=1S/C33H38ClFN6O4.C23H22ClFN6.2H2S/c1-32(2,3)44-30(42)37-24-14-16-39(20-24)25-11-8-21(9-12-25)27-18-29(41-28(38-27)13-15-36-41)40(31(43)45-33(4,5)6)19-22-7-10-23(34)17-26(22)35;24-17-4-1-16(20(25)11-17)13-27-23-12-21(29-22-7-9-28-31(22)23)15-2-5-19(6-3-15)30-10-8-18(26)14-30;;/h7-13,15,17-18,24H,14,16,19-20H2,1-6H3,(H,37,42);1-7,9,11-12,18,27H,8,10,13-14,26H2;2*1H2/t24-;18-;;/m00../s1. The first kappa shape index (κ1) is 58.8. The third-order valence-corrected chi connectivity index (χ3v) is 13.1. The number of amides is 2. The zero-order chi connectivity index (χ0) is 53.9. The number of nitrogens with one attached hydrogen (secondary N) is 2. The van der Waals surface area contributed by atoms with Gasteiger partial charge in [-0.3, -0.25) is 4.90 Å². The molecule has 2 fully saturated rings. The number of hydrogen-bond donors (Lipinski definition) is 3. The van der Waals surface area contributed by atoms with Gasteiger partial charge in [-0.15, -0.1) is 0 Å². The van der Waals surface area contributed by atoms with Gasteiger partial charge in [-0.05, 0) is 103 Å². The summed E-state index contributed by atoms with van der Waals surface area (Å²) in [6.07, 6.45) is 4.03. The summed E-state index contributed by atoms with van der Waals surface area (Å²) in [5.74, 6) is 0.212. The van der Waals surface area contributed by atoms with E-state index in [2.05, 4.69) is 54.9 Å². The van der Waals surface area contributed by atoms with Crippen LogP contribution in [0.4, 0.5) is 41.4 Å². The number of anilines is 4. The Labute approximate surface area is 476 Å². The van der Waals surface area contributed by atoms with Crippen LogP contribution in [0, 0.1) is 11.6 Å². The van der Waals surface area contributed by atoms with E-state index >= 15 is 0 Å². The second-order valence-electron chi connectivity index (χ2n) is 20.8. The Bertz CT molecular complexity index is 3370. The van der Waals surface area contributed by atoms with Crippen LogP contribution in [0.3, 0.4) is 0 Å². The fraction of sp³-hybridized carbons (Fsp3) is 0.321. The van der Waals surface area contributed by atoms with Crippen molar-refractivity contribution >= 4 is 96.7 Å². The van der Waals surface area contributed by atoms with Gasteiger partial charge in [-0.1, -0.05) is 59.6 Å². The first-order valence-corrected chi connectivity index (χ1v) is 25.8.